The van der Waals surface area contributed by atoms with Crippen molar-refractivity contribution in [2.75, 3.05) is 31.5 Å². The Bertz CT molecular complexity index is 339. The monoisotopic (exact) mass is 250 g/mol. The molecule has 0 radical (unpaired) electrons. The lowest BCUT2D eigenvalue weighted by Gasteiger charge is -2.15. The highest BCUT2D eigenvalue weighted by molar-refractivity contribution is 5.25. The first-order valence-corrected chi connectivity index (χ1v) is 7.23. The molecule has 4 heteroatoms. The van der Waals surface area contributed by atoms with Gasteiger partial charge in [-0.2, -0.15) is 0 Å². The van der Waals surface area contributed by atoms with E-state index in [-0.39, 0.29) is 0 Å². The predicted octanol–water partition coefficient (Wildman–Crippen LogP) is 2.44. The molecule has 1 aliphatic heterocycles. The maximum Gasteiger partial charge on any atom is 0.202 e. The number of imidazole rings is 1. The van der Waals surface area contributed by atoms with Crippen molar-refractivity contribution in [3.8, 4) is 0 Å². The Morgan fingerprint density at radius 1 is 1.33 bits per heavy atom. The number of aromatic nitrogens is 2. The second-order valence-electron chi connectivity index (χ2n) is 5.63. The van der Waals surface area contributed by atoms with Gasteiger partial charge >= 0.3 is 0 Å². The highest BCUT2D eigenvalue weighted by Gasteiger charge is 2.10. The van der Waals surface area contributed by atoms with Crippen LogP contribution in [0.2, 0.25) is 0 Å². The number of hydrogen-bond acceptors (Lipinski definition) is 3. The maximum atomic E-state index is 4.38. The van der Waals surface area contributed by atoms with Gasteiger partial charge in [0.05, 0.1) is 0 Å². The summed E-state index contributed by atoms with van der Waals surface area (Å²) in [7, 11) is 0. The van der Waals surface area contributed by atoms with Crippen LogP contribution in [0.1, 0.15) is 33.1 Å². The van der Waals surface area contributed by atoms with Crippen molar-refractivity contribution in [3.05, 3.63) is 12.4 Å². The molecule has 0 aliphatic carbocycles. The minimum atomic E-state index is 0.657. The average Bonchev–Trinajstić information content (AvgIpc) is 2.95. The van der Waals surface area contributed by atoms with E-state index < -0.39 is 0 Å². The smallest absolute Gasteiger partial charge is 0.202 e. The van der Waals surface area contributed by atoms with E-state index in [1.807, 2.05) is 6.20 Å². The number of nitrogens with one attached hydrogen (secondary N) is 1. The van der Waals surface area contributed by atoms with Crippen molar-refractivity contribution in [2.45, 2.75) is 39.7 Å². The summed E-state index contributed by atoms with van der Waals surface area (Å²) in [5.41, 5.74) is 0. The molecule has 1 aromatic rings. The van der Waals surface area contributed by atoms with Crippen LogP contribution in [-0.2, 0) is 6.54 Å². The standard InChI is InChI=1S/C14H26N4/c1-13(2)12-18-11-7-16-14(18)15-6-5-10-17-8-3-4-9-17/h7,11,13H,3-6,8-10,12H2,1-2H3,(H,15,16). The minimum absolute atomic E-state index is 0.657. The molecule has 2 heterocycles. The van der Waals surface area contributed by atoms with Crippen molar-refractivity contribution in [1.82, 2.24) is 14.5 Å². The van der Waals surface area contributed by atoms with Crippen molar-refractivity contribution in [2.24, 2.45) is 5.92 Å². The Morgan fingerprint density at radius 2 is 2.11 bits per heavy atom. The van der Waals surface area contributed by atoms with Crippen LogP contribution >= 0.6 is 0 Å². The number of nitrogens with zero attached hydrogens (tertiary/aromatic N) is 3. The summed E-state index contributed by atoms with van der Waals surface area (Å²) in [6, 6.07) is 0. The van der Waals surface area contributed by atoms with E-state index in [0.717, 1.165) is 19.0 Å². The lowest BCUT2D eigenvalue weighted by molar-refractivity contribution is 0.337. The lowest BCUT2D eigenvalue weighted by Crippen LogP contribution is -2.22. The third kappa shape index (κ3) is 4.02. The van der Waals surface area contributed by atoms with E-state index >= 15 is 0 Å². The molecule has 0 amide bonds. The zero-order chi connectivity index (χ0) is 12.8. The zero-order valence-electron chi connectivity index (χ0n) is 11.7. The van der Waals surface area contributed by atoms with Gasteiger partial charge in [-0.1, -0.05) is 13.8 Å². The van der Waals surface area contributed by atoms with Gasteiger partial charge in [-0.15, -0.1) is 0 Å². The second-order valence-corrected chi connectivity index (χ2v) is 5.63. The van der Waals surface area contributed by atoms with Gasteiger partial charge in [0, 0.05) is 25.5 Å². The molecule has 0 unspecified atom stereocenters. The quantitative estimate of drug-likeness (QED) is 0.755. The summed E-state index contributed by atoms with van der Waals surface area (Å²) in [5.74, 6) is 1.68. The van der Waals surface area contributed by atoms with Crippen LogP contribution < -0.4 is 5.32 Å². The van der Waals surface area contributed by atoms with Gasteiger partial charge in [0.1, 0.15) is 0 Å². The Kier molecular flexibility index (Phi) is 5.05. The normalized spacial score (nSPS) is 16.6. The van der Waals surface area contributed by atoms with E-state index in [4.69, 9.17) is 0 Å². The highest BCUT2D eigenvalue weighted by Crippen LogP contribution is 2.09. The van der Waals surface area contributed by atoms with Crippen LogP contribution in [0.3, 0.4) is 0 Å². The molecule has 1 saturated heterocycles. The second kappa shape index (κ2) is 6.78. The van der Waals surface area contributed by atoms with Gasteiger partial charge in [0.25, 0.3) is 0 Å². The molecule has 0 saturated carbocycles. The van der Waals surface area contributed by atoms with Crippen LogP contribution in [0.5, 0.6) is 0 Å². The molecule has 2 rings (SSSR count). The van der Waals surface area contributed by atoms with Gasteiger partial charge in [-0.3, -0.25) is 0 Å². The molecule has 0 spiro atoms. The molecular formula is C14H26N4. The first-order valence-electron chi connectivity index (χ1n) is 7.23. The van der Waals surface area contributed by atoms with Crippen LogP contribution in [0.25, 0.3) is 0 Å². The number of rotatable bonds is 7. The molecule has 1 aliphatic rings. The SMILES string of the molecule is CC(C)Cn1ccnc1NCCCN1CCCC1. The summed E-state index contributed by atoms with van der Waals surface area (Å²) in [5, 5.41) is 3.45. The first kappa shape index (κ1) is 13.4. The number of likely N-dealkylation sites (tertiary alicyclic amines) is 1. The first-order chi connectivity index (χ1) is 8.75. The van der Waals surface area contributed by atoms with Crippen molar-refractivity contribution >= 4 is 5.95 Å². The number of anilines is 1. The topological polar surface area (TPSA) is 33.1 Å². The predicted molar refractivity (Wildman–Crippen MR) is 75.8 cm³/mol. The van der Waals surface area contributed by atoms with Crippen LogP contribution in [0.15, 0.2) is 12.4 Å². The van der Waals surface area contributed by atoms with Crippen molar-refractivity contribution < 1.29 is 0 Å². The molecule has 1 aromatic heterocycles. The van der Waals surface area contributed by atoms with Gasteiger partial charge in [-0.25, -0.2) is 4.98 Å². The maximum absolute atomic E-state index is 4.38. The summed E-state index contributed by atoms with van der Waals surface area (Å²) in [6.45, 7) is 10.3. The van der Waals surface area contributed by atoms with E-state index in [9.17, 15) is 0 Å². The van der Waals surface area contributed by atoms with E-state index in [2.05, 4.69) is 39.8 Å². The van der Waals surface area contributed by atoms with Gasteiger partial charge < -0.3 is 14.8 Å². The Balaban J connectivity index is 1.67. The molecule has 1 N–H and O–H groups in total. The largest absolute Gasteiger partial charge is 0.356 e. The Labute approximate surface area is 110 Å². The van der Waals surface area contributed by atoms with Crippen LogP contribution in [0, 0.1) is 5.92 Å². The average molecular weight is 250 g/mol. The van der Waals surface area contributed by atoms with Gasteiger partial charge in [0.15, 0.2) is 0 Å². The fourth-order valence-electron chi connectivity index (χ4n) is 2.53. The Hall–Kier alpha value is -1.03. The van der Waals surface area contributed by atoms with E-state index in [1.165, 1.54) is 38.9 Å². The van der Waals surface area contributed by atoms with Crippen molar-refractivity contribution in [3.63, 3.8) is 0 Å². The summed E-state index contributed by atoms with van der Waals surface area (Å²) < 4.78 is 2.21. The molecule has 0 bridgehead atoms. The van der Waals surface area contributed by atoms with Crippen LogP contribution in [0.4, 0.5) is 5.95 Å². The summed E-state index contributed by atoms with van der Waals surface area (Å²) >= 11 is 0. The summed E-state index contributed by atoms with van der Waals surface area (Å²) in [6.07, 6.45) is 7.90. The van der Waals surface area contributed by atoms with Crippen LogP contribution in [-0.4, -0.2) is 40.6 Å². The third-order valence-corrected chi connectivity index (χ3v) is 3.41. The molecule has 1 fully saturated rings. The molecule has 0 atom stereocenters. The van der Waals surface area contributed by atoms with Crippen molar-refractivity contribution in [1.29, 1.82) is 0 Å². The Morgan fingerprint density at radius 3 is 2.83 bits per heavy atom. The van der Waals surface area contributed by atoms with Gasteiger partial charge in [-0.05, 0) is 44.8 Å². The third-order valence-electron chi connectivity index (χ3n) is 3.41. The molecule has 4 nitrogen and oxygen atoms in total. The summed E-state index contributed by atoms with van der Waals surface area (Å²) in [4.78, 5) is 6.93. The lowest BCUT2D eigenvalue weighted by atomic mass is 10.2. The minimum Gasteiger partial charge on any atom is -0.356 e. The molecule has 102 valence electrons. The zero-order valence-corrected chi connectivity index (χ0v) is 11.7. The fourth-order valence-corrected chi connectivity index (χ4v) is 2.53. The van der Waals surface area contributed by atoms with Gasteiger partial charge in [0.2, 0.25) is 5.95 Å². The van der Waals surface area contributed by atoms with E-state index in [0.29, 0.717) is 5.92 Å². The highest BCUT2D eigenvalue weighted by atomic mass is 15.2. The molecule has 0 aromatic carbocycles. The fraction of sp³-hybridized carbons (Fsp3) is 0.786. The molecular weight excluding hydrogens is 224 g/mol. The number of hydrogen-bond donors (Lipinski definition) is 1. The molecule has 18 heavy (non-hydrogen) atoms. The van der Waals surface area contributed by atoms with E-state index in [1.54, 1.807) is 0 Å².